The molecule has 0 bridgehead atoms. The lowest BCUT2D eigenvalue weighted by atomic mass is 10.0. The maximum Gasteiger partial charge on any atom is 0.326 e. The standard InChI is InChI=1S/C11H22N2O3/c1-5-12-8(4)6-9(14)13-10(7(2)3)11(15)16/h7-8,10,12H,5-6H2,1-4H3,(H,13,14)(H,15,16). The molecule has 94 valence electrons. The summed E-state index contributed by atoms with van der Waals surface area (Å²) < 4.78 is 0. The highest BCUT2D eigenvalue weighted by atomic mass is 16.4. The Morgan fingerprint density at radius 3 is 2.19 bits per heavy atom. The van der Waals surface area contributed by atoms with E-state index in [2.05, 4.69) is 10.6 Å². The zero-order valence-corrected chi connectivity index (χ0v) is 10.4. The van der Waals surface area contributed by atoms with Crippen molar-refractivity contribution in [1.82, 2.24) is 10.6 Å². The molecule has 5 nitrogen and oxygen atoms in total. The van der Waals surface area contributed by atoms with Crippen LogP contribution in [0, 0.1) is 5.92 Å². The largest absolute Gasteiger partial charge is 0.480 e. The summed E-state index contributed by atoms with van der Waals surface area (Å²) in [5, 5.41) is 14.5. The molecule has 0 aromatic rings. The number of nitrogens with one attached hydrogen (secondary N) is 2. The van der Waals surface area contributed by atoms with Crippen molar-refractivity contribution >= 4 is 11.9 Å². The van der Waals surface area contributed by atoms with E-state index in [1.165, 1.54) is 0 Å². The van der Waals surface area contributed by atoms with Crippen LogP contribution in [0.2, 0.25) is 0 Å². The van der Waals surface area contributed by atoms with Gasteiger partial charge in [-0.1, -0.05) is 20.8 Å². The highest BCUT2D eigenvalue weighted by Crippen LogP contribution is 2.02. The third-order valence-corrected chi connectivity index (χ3v) is 2.29. The van der Waals surface area contributed by atoms with Gasteiger partial charge in [-0.25, -0.2) is 4.79 Å². The van der Waals surface area contributed by atoms with Crippen LogP contribution in [0.5, 0.6) is 0 Å². The smallest absolute Gasteiger partial charge is 0.326 e. The Bertz CT molecular complexity index is 241. The molecule has 0 aromatic carbocycles. The van der Waals surface area contributed by atoms with Crippen molar-refractivity contribution in [3.63, 3.8) is 0 Å². The summed E-state index contributed by atoms with van der Waals surface area (Å²) in [4.78, 5) is 22.4. The van der Waals surface area contributed by atoms with E-state index in [0.29, 0.717) is 6.42 Å². The van der Waals surface area contributed by atoms with Gasteiger partial charge in [-0.05, 0) is 19.4 Å². The quantitative estimate of drug-likeness (QED) is 0.598. The van der Waals surface area contributed by atoms with Gasteiger partial charge in [0.25, 0.3) is 0 Å². The Morgan fingerprint density at radius 1 is 1.25 bits per heavy atom. The van der Waals surface area contributed by atoms with Crippen LogP contribution < -0.4 is 10.6 Å². The number of hydrogen-bond donors (Lipinski definition) is 3. The Balaban J connectivity index is 4.15. The maximum atomic E-state index is 11.5. The third kappa shape index (κ3) is 5.70. The monoisotopic (exact) mass is 230 g/mol. The minimum atomic E-state index is -0.987. The van der Waals surface area contributed by atoms with E-state index in [9.17, 15) is 9.59 Å². The zero-order valence-electron chi connectivity index (χ0n) is 10.4. The average Bonchev–Trinajstić information content (AvgIpc) is 2.13. The van der Waals surface area contributed by atoms with E-state index in [4.69, 9.17) is 5.11 Å². The van der Waals surface area contributed by atoms with Crippen molar-refractivity contribution in [2.75, 3.05) is 6.54 Å². The molecule has 0 fully saturated rings. The molecule has 2 unspecified atom stereocenters. The Kier molecular flexibility index (Phi) is 6.72. The highest BCUT2D eigenvalue weighted by Gasteiger charge is 2.23. The van der Waals surface area contributed by atoms with Crippen LogP contribution in [0.1, 0.15) is 34.1 Å². The molecule has 5 heteroatoms. The van der Waals surface area contributed by atoms with Crippen molar-refractivity contribution in [3.8, 4) is 0 Å². The molecule has 0 aliphatic carbocycles. The minimum Gasteiger partial charge on any atom is -0.480 e. The van der Waals surface area contributed by atoms with Crippen LogP contribution in [0.15, 0.2) is 0 Å². The number of aliphatic carboxylic acids is 1. The fourth-order valence-electron chi connectivity index (χ4n) is 1.44. The molecule has 2 atom stereocenters. The van der Waals surface area contributed by atoms with Gasteiger partial charge in [0.2, 0.25) is 5.91 Å². The third-order valence-electron chi connectivity index (χ3n) is 2.29. The lowest BCUT2D eigenvalue weighted by Gasteiger charge is -2.19. The topological polar surface area (TPSA) is 78.4 Å². The molecule has 0 radical (unpaired) electrons. The number of carboxylic acid groups (broad SMARTS) is 1. The van der Waals surface area contributed by atoms with E-state index in [-0.39, 0.29) is 17.9 Å². The van der Waals surface area contributed by atoms with Crippen LogP contribution in [-0.2, 0) is 9.59 Å². The molecule has 0 aliphatic heterocycles. The first-order valence-corrected chi connectivity index (χ1v) is 5.64. The maximum absolute atomic E-state index is 11.5. The van der Waals surface area contributed by atoms with Gasteiger partial charge in [-0.3, -0.25) is 4.79 Å². The number of carbonyl (C=O) groups is 2. The van der Waals surface area contributed by atoms with Gasteiger partial charge in [0, 0.05) is 12.5 Å². The predicted octanol–water partition coefficient (Wildman–Crippen LogP) is 0.600. The van der Waals surface area contributed by atoms with E-state index in [0.717, 1.165) is 6.54 Å². The number of amides is 1. The van der Waals surface area contributed by atoms with Crippen LogP contribution in [-0.4, -0.2) is 35.6 Å². The van der Waals surface area contributed by atoms with Crippen LogP contribution in [0.25, 0.3) is 0 Å². The van der Waals surface area contributed by atoms with Crippen molar-refractivity contribution in [1.29, 1.82) is 0 Å². The fourth-order valence-corrected chi connectivity index (χ4v) is 1.44. The zero-order chi connectivity index (χ0) is 12.7. The summed E-state index contributed by atoms with van der Waals surface area (Å²) in [7, 11) is 0. The number of rotatable bonds is 7. The molecule has 0 saturated carbocycles. The molecule has 0 aliphatic rings. The first kappa shape index (κ1) is 14.9. The summed E-state index contributed by atoms with van der Waals surface area (Å²) >= 11 is 0. The van der Waals surface area contributed by atoms with Gasteiger partial charge in [0.1, 0.15) is 6.04 Å². The fraction of sp³-hybridized carbons (Fsp3) is 0.818. The molecular formula is C11H22N2O3. The van der Waals surface area contributed by atoms with Gasteiger partial charge < -0.3 is 15.7 Å². The number of hydrogen-bond acceptors (Lipinski definition) is 3. The molecule has 0 aromatic heterocycles. The minimum absolute atomic E-state index is 0.0617. The van der Waals surface area contributed by atoms with E-state index < -0.39 is 12.0 Å². The van der Waals surface area contributed by atoms with Crippen LogP contribution >= 0.6 is 0 Å². The molecule has 16 heavy (non-hydrogen) atoms. The van der Waals surface area contributed by atoms with E-state index in [1.54, 1.807) is 13.8 Å². The number of carbonyl (C=O) groups excluding carboxylic acids is 1. The molecule has 0 spiro atoms. The van der Waals surface area contributed by atoms with Crippen molar-refractivity contribution in [2.24, 2.45) is 5.92 Å². The molecule has 1 amide bonds. The Hall–Kier alpha value is -1.10. The second kappa shape index (κ2) is 7.22. The Morgan fingerprint density at radius 2 is 1.81 bits per heavy atom. The summed E-state index contributed by atoms with van der Waals surface area (Å²) in [6.45, 7) is 8.19. The van der Waals surface area contributed by atoms with Gasteiger partial charge in [-0.2, -0.15) is 0 Å². The normalized spacial score (nSPS) is 14.6. The van der Waals surface area contributed by atoms with Crippen molar-refractivity contribution < 1.29 is 14.7 Å². The van der Waals surface area contributed by atoms with Crippen molar-refractivity contribution in [2.45, 2.75) is 46.2 Å². The molecular weight excluding hydrogens is 208 g/mol. The van der Waals surface area contributed by atoms with Gasteiger partial charge in [0.15, 0.2) is 0 Å². The first-order valence-electron chi connectivity index (χ1n) is 5.64. The second-order valence-electron chi connectivity index (χ2n) is 4.29. The van der Waals surface area contributed by atoms with E-state index in [1.807, 2.05) is 13.8 Å². The molecule has 0 saturated heterocycles. The number of carboxylic acids is 1. The van der Waals surface area contributed by atoms with Gasteiger partial charge in [-0.15, -0.1) is 0 Å². The predicted molar refractivity (Wildman–Crippen MR) is 62.2 cm³/mol. The average molecular weight is 230 g/mol. The lowest BCUT2D eigenvalue weighted by molar-refractivity contribution is -0.143. The summed E-state index contributed by atoms with van der Waals surface area (Å²) in [6.07, 6.45) is 0.296. The summed E-state index contributed by atoms with van der Waals surface area (Å²) in [5.74, 6) is -1.33. The first-order chi connectivity index (χ1) is 7.38. The summed E-state index contributed by atoms with van der Waals surface area (Å²) in [6, 6.07) is -0.743. The Labute approximate surface area is 96.6 Å². The van der Waals surface area contributed by atoms with E-state index >= 15 is 0 Å². The van der Waals surface area contributed by atoms with Crippen LogP contribution in [0.3, 0.4) is 0 Å². The van der Waals surface area contributed by atoms with Gasteiger partial charge in [0.05, 0.1) is 0 Å². The summed E-state index contributed by atoms with van der Waals surface area (Å²) in [5.41, 5.74) is 0. The second-order valence-corrected chi connectivity index (χ2v) is 4.29. The highest BCUT2D eigenvalue weighted by molar-refractivity contribution is 5.83. The van der Waals surface area contributed by atoms with Crippen LogP contribution in [0.4, 0.5) is 0 Å². The molecule has 3 N–H and O–H groups in total. The SMILES string of the molecule is CCNC(C)CC(=O)NC(C(=O)O)C(C)C. The lowest BCUT2D eigenvalue weighted by Crippen LogP contribution is -2.46. The van der Waals surface area contributed by atoms with Crippen molar-refractivity contribution in [3.05, 3.63) is 0 Å². The van der Waals surface area contributed by atoms with Gasteiger partial charge >= 0.3 is 5.97 Å². The molecule has 0 rings (SSSR count). The molecule has 0 heterocycles.